The van der Waals surface area contributed by atoms with E-state index >= 15 is 0 Å². The molecule has 0 saturated carbocycles. The zero-order valence-corrected chi connectivity index (χ0v) is 30.6. The smallest absolute Gasteiger partial charge is 0.143 e. The van der Waals surface area contributed by atoms with E-state index in [0.717, 1.165) is 50.0 Å². The second-order valence-electron chi connectivity index (χ2n) is 14.0. The van der Waals surface area contributed by atoms with Crippen LogP contribution >= 0.6 is 11.3 Å². The monoisotopic (exact) mass is 719 g/mol. The second-order valence-corrected chi connectivity index (χ2v) is 15.1. The van der Waals surface area contributed by atoms with Gasteiger partial charge in [-0.1, -0.05) is 146 Å². The Hall–Kier alpha value is -6.94. The summed E-state index contributed by atoms with van der Waals surface area (Å²) in [5, 5.41) is 7.08. The van der Waals surface area contributed by atoms with Crippen molar-refractivity contribution in [1.29, 1.82) is 0 Å². The predicted octanol–water partition coefficient (Wildman–Crippen LogP) is 15.6. The SMILES string of the molecule is c1ccc(-c2ccc(N(c3cccc(-c4ccccc4)c3)c3cccc4oc5c6ccccc6c(-c6cccc7sc8ccccc8c67)cc5c34)cc2)cc1. The highest BCUT2D eigenvalue weighted by Gasteiger charge is 2.23. The lowest BCUT2D eigenvalue weighted by atomic mass is 9.92. The molecular formula is C52H33NOS. The Morgan fingerprint density at radius 3 is 1.78 bits per heavy atom. The molecule has 2 aromatic heterocycles. The maximum atomic E-state index is 6.91. The molecule has 0 saturated heterocycles. The van der Waals surface area contributed by atoms with Gasteiger partial charge < -0.3 is 9.32 Å². The van der Waals surface area contributed by atoms with Gasteiger partial charge >= 0.3 is 0 Å². The van der Waals surface area contributed by atoms with Gasteiger partial charge in [-0.3, -0.25) is 0 Å². The fourth-order valence-electron chi connectivity index (χ4n) is 8.35. The highest BCUT2D eigenvalue weighted by Crippen LogP contribution is 2.48. The second kappa shape index (κ2) is 12.9. The van der Waals surface area contributed by atoms with Crippen molar-refractivity contribution in [1.82, 2.24) is 0 Å². The fraction of sp³-hybridized carbons (Fsp3) is 0. The summed E-state index contributed by atoms with van der Waals surface area (Å²) in [5.41, 5.74) is 12.1. The number of fused-ring (bicyclic) bond motifs is 8. The summed E-state index contributed by atoms with van der Waals surface area (Å²) >= 11 is 1.86. The Balaban J connectivity index is 1.19. The molecule has 9 aromatic carbocycles. The van der Waals surface area contributed by atoms with E-state index in [1.807, 2.05) is 11.3 Å². The normalized spacial score (nSPS) is 11.6. The van der Waals surface area contributed by atoms with E-state index in [1.54, 1.807) is 0 Å². The summed E-state index contributed by atoms with van der Waals surface area (Å²) in [7, 11) is 0. The topological polar surface area (TPSA) is 16.4 Å². The van der Waals surface area contributed by atoms with E-state index in [9.17, 15) is 0 Å². The van der Waals surface area contributed by atoms with Crippen LogP contribution in [0, 0.1) is 0 Å². The first kappa shape index (κ1) is 31.6. The molecule has 0 N–H and O–H groups in total. The third-order valence-corrected chi connectivity index (χ3v) is 12.0. The Morgan fingerprint density at radius 1 is 0.364 bits per heavy atom. The van der Waals surface area contributed by atoms with Crippen LogP contribution in [0.1, 0.15) is 0 Å². The van der Waals surface area contributed by atoms with Gasteiger partial charge in [0.1, 0.15) is 11.2 Å². The summed E-state index contributed by atoms with van der Waals surface area (Å²) in [6.45, 7) is 0. The summed E-state index contributed by atoms with van der Waals surface area (Å²) in [6, 6.07) is 72.0. The Morgan fingerprint density at radius 2 is 0.982 bits per heavy atom. The van der Waals surface area contributed by atoms with Gasteiger partial charge in [0.2, 0.25) is 0 Å². The Bertz CT molecular complexity index is 3190. The number of furan rings is 1. The van der Waals surface area contributed by atoms with E-state index < -0.39 is 0 Å². The summed E-state index contributed by atoms with van der Waals surface area (Å²) < 4.78 is 9.51. The number of anilines is 3. The molecule has 0 aliphatic carbocycles. The van der Waals surface area contributed by atoms with Crippen molar-refractivity contribution in [3.05, 3.63) is 200 Å². The number of hydrogen-bond acceptors (Lipinski definition) is 3. The number of nitrogens with zero attached hydrogens (tertiary/aromatic N) is 1. The van der Waals surface area contributed by atoms with Crippen LogP contribution < -0.4 is 4.90 Å². The lowest BCUT2D eigenvalue weighted by Gasteiger charge is -2.27. The minimum Gasteiger partial charge on any atom is -0.455 e. The molecular weight excluding hydrogens is 687 g/mol. The molecule has 3 heteroatoms. The fourth-order valence-corrected chi connectivity index (χ4v) is 9.49. The molecule has 11 rings (SSSR count). The molecule has 0 radical (unpaired) electrons. The first-order valence-electron chi connectivity index (χ1n) is 18.7. The standard InChI is InChI=1S/C52H33NOS/c1-3-14-34(15-4-1)36-28-30-38(31-29-36)53(39-19-11-18-37(32-39)35-16-5-2-6-17-35)46-24-13-25-47-51(46)45-33-44(40-20-7-8-21-42(40)52(45)54-47)41-23-12-27-49-50(41)43-22-9-10-26-48(43)55-49/h1-33H. The third-order valence-electron chi connectivity index (χ3n) is 10.9. The number of thiophene rings is 1. The molecule has 0 atom stereocenters. The van der Waals surface area contributed by atoms with E-state index in [0.29, 0.717) is 0 Å². The summed E-state index contributed by atoms with van der Waals surface area (Å²) in [4.78, 5) is 2.39. The van der Waals surface area contributed by atoms with Gasteiger partial charge in [-0.05, 0) is 93.4 Å². The Kier molecular flexibility index (Phi) is 7.39. The molecule has 2 nitrogen and oxygen atoms in total. The van der Waals surface area contributed by atoms with Gasteiger partial charge in [0.25, 0.3) is 0 Å². The third kappa shape index (κ3) is 5.24. The minimum atomic E-state index is 0.860. The average Bonchev–Trinajstić information content (AvgIpc) is 3.84. The molecule has 0 aliphatic rings. The van der Waals surface area contributed by atoms with Crippen LogP contribution in [0.15, 0.2) is 205 Å². The largest absolute Gasteiger partial charge is 0.455 e. The first-order valence-corrected chi connectivity index (χ1v) is 19.5. The molecule has 258 valence electrons. The molecule has 55 heavy (non-hydrogen) atoms. The van der Waals surface area contributed by atoms with Crippen LogP contribution in [0.3, 0.4) is 0 Å². The molecule has 0 unspecified atom stereocenters. The van der Waals surface area contributed by atoms with Gasteiger partial charge in [-0.25, -0.2) is 0 Å². The zero-order valence-electron chi connectivity index (χ0n) is 29.8. The van der Waals surface area contributed by atoms with Crippen LogP contribution in [-0.4, -0.2) is 0 Å². The number of benzene rings is 9. The molecule has 2 heterocycles. The molecule has 0 amide bonds. The van der Waals surface area contributed by atoms with Crippen molar-refractivity contribution in [2.75, 3.05) is 4.90 Å². The lowest BCUT2D eigenvalue weighted by Crippen LogP contribution is -2.10. The highest BCUT2D eigenvalue weighted by molar-refractivity contribution is 7.25. The van der Waals surface area contributed by atoms with Crippen molar-refractivity contribution >= 4 is 81.3 Å². The summed E-state index contributed by atoms with van der Waals surface area (Å²) in [5.74, 6) is 0. The summed E-state index contributed by atoms with van der Waals surface area (Å²) in [6.07, 6.45) is 0. The predicted molar refractivity (Wildman–Crippen MR) is 235 cm³/mol. The van der Waals surface area contributed by atoms with E-state index in [1.165, 1.54) is 53.4 Å². The van der Waals surface area contributed by atoms with Crippen LogP contribution in [0.25, 0.3) is 86.3 Å². The van der Waals surface area contributed by atoms with E-state index in [-0.39, 0.29) is 0 Å². The zero-order chi connectivity index (χ0) is 36.3. The maximum Gasteiger partial charge on any atom is 0.143 e. The van der Waals surface area contributed by atoms with Gasteiger partial charge in [0, 0.05) is 42.3 Å². The van der Waals surface area contributed by atoms with Gasteiger partial charge in [0.05, 0.1) is 11.1 Å². The van der Waals surface area contributed by atoms with Crippen LogP contribution in [-0.2, 0) is 0 Å². The average molecular weight is 720 g/mol. The first-order chi connectivity index (χ1) is 27.3. The maximum absolute atomic E-state index is 6.91. The van der Waals surface area contributed by atoms with E-state index in [2.05, 4.69) is 205 Å². The van der Waals surface area contributed by atoms with Crippen LogP contribution in [0.4, 0.5) is 17.1 Å². The molecule has 0 aliphatic heterocycles. The van der Waals surface area contributed by atoms with Crippen molar-refractivity contribution in [3.63, 3.8) is 0 Å². The van der Waals surface area contributed by atoms with E-state index in [4.69, 9.17) is 4.42 Å². The van der Waals surface area contributed by atoms with Crippen molar-refractivity contribution < 1.29 is 4.42 Å². The van der Waals surface area contributed by atoms with Crippen LogP contribution in [0.2, 0.25) is 0 Å². The molecule has 0 bridgehead atoms. The number of hydrogen-bond donors (Lipinski definition) is 0. The minimum absolute atomic E-state index is 0.860. The van der Waals surface area contributed by atoms with Crippen molar-refractivity contribution in [2.24, 2.45) is 0 Å². The Labute approximate surface area is 322 Å². The van der Waals surface area contributed by atoms with Gasteiger partial charge in [-0.15, -0.1) is 11.3 Å². The van der Waals surface area contributed by atoms with Gasteiger partial charge in [0.15, 0.2) is 0 Å². The quantitative estimate of drug-likeness (QED) is 0.170. The van der Waals surface area contributed by atoms with Crippen molar-refractivity contribution in [2.45, 2.75) is 0 Å². The van der Waals surface area contributed by atoms with Gasteiger partial charge in [-0.2, -0.15) is 0 Å². The molecule has 11 aromatic rings. The lowest BCUT2D eigenvalue weighted by molar-refractivity contribution is 0.672. The van der Waals surface area contributed by atoms with Crippen LogP contribution in [0.5, 0.6) is 0 Å². The highest BCUT2D eigenvalue weighted by atomic mass is 32.1. The molecule has 0 fully saturated rings. The van der Waals surface area contributed by atoms with Crippen molar-refractivity contribution in [3.8, 4) is 33.4 Å². The molecule has 0 spiro atoms. The number of rotatable bonds is 6.